The lowest BCUT2D eigenvalue weighted by Crippen LogP contribution is -2.03. The highest BCUT2D eigenvalue weighted by Gasteiger charge is 2.00. The minimum Gasteiger partial charge on any atom is -0.368 e. The SMILES string of the molecule is Nc1nc(NN=Cc2ccncc2)cc(NN=Cc2ccncc2)n1. The van der Waals surface area contributed by atoms with Crippen molar-refractivity contribution in [3.8, 4) is 0 Å². The van der Waals surface area contributed by atoms with Gasteiger partial charge in [0.05, 0.1) is 12.4 Å². The summed E-state index contributed by atoms with van der Waals surface area (Å²) in [6.07, 6.45) is 10.0. The molecule has 9 heteroatoms. The molecule has 3 aromatic heterocycles. The van der Waals surface area contributed by atoms with Crippen molar-refractivity contribution in [1.82, 2.24) is 19.9 Å². The largest absolute Gasteiger partial charge is 0.368 e. The molecule has 0 radical (unpaired) electrons. The third-order valence-electron chi connectivity index (χ3n) is 2.94. The molecular formula is C16H15N9. The second-order valence-electron chi connectivity index (χ2n) is 4.80. The third-order valence-corrected chi connectivity index (χ3v) is 2.94. The zero-order chi connectivity index (χ0) is 17.3. The summed E-state index contributed by atoms with van der Waals surface area (Å²) < 4.78 is 0. The van der Waals surface area contributed by atoms with E-state index in [9.17, 15) is 0 Å². The summed E-state index contributed by atoms with van der Waals surface area (Å²) in [4.78, 5) is 16.0. The molecule has 0 bridgehead atoms. The molecule has 0 aromatic carbocycles. The molecule has 3 heterocycles. The van der Waals surface area contributed by atoms with E-state index >= 15 is 0 Å². The van der Waals surface area contributed by atoms with Gasteiger partial charge in [0.1, 0.15) is 0 Å². The molecule has 0 fully saturated rings. The Labute approximate surface area is 143 Å². The molecule has 3 rings (SSSR count). The van der Waals surface area contributed by atoms with Gasteiger partial charge in [0.2, 0.25) is 5.95 Å². The van der Waals surface area contributed by atoms with E-state index in [2.05, 4.69) is 41.0 Å². The molecule has 0 saturated carbocycles. The lowest BCUT2D eigenvalue weighted by Gasteiger charge is -2.04. The van der Waals surface area contributed by atoms with Crippen molar-refractivity contribution >= 4 is 30.0 Å². The van der Waals surface area contributed by atoms with Crippen molar-refractivity contribution in [3.63, 3.8) is 0 Å². The molecule has 0 aliphatic rings. The highest BCUT2D eigenvalue weighted by Crippen LogP contribution is 2.12. The summed E-state index contributed by atoms with van der Waals surface area (Å²) in [5.41, 5.74) is 13.1. The van der Waals surface area contributed by atoms with Crippen LogP contribution in [-0.4, -0.2) is 32.4 Å². The maximum Gasteiger partial charge on any atom is 0.224 e. The van der Waals surface area contributed by atoms with E-state index in [0.29, 0.717) is 11.6 Å². The summed E-state index contributed by atoms with van der Waals surface area (Å²) in [6.45, 7) is 0. The molecule has 9 nitrogen and oxygen atoms in total. The number of pyridine rings is 2. The molecule has 0 aliphatic heterocycles. The summed E-state index contributed by atoms with van der Waals surface area (Å²) >= 11 is 0. The van der Waals surface area contributed by atoms with Crippen LogP contribution in [0.25, 0.3) is 0 Å². The maximum atomic E-state index is 5.70. The number of anilines is 3. The smallest absolute Gasteiger partial charge is 0.224 e. The van der Waals surface area contributed by atoms with Crippen molar-refractivity contribution in [1.29, 1.82) is 0 Å². The van der Waals surface area contributed by atoms with Crippen molar-refractivity contribution in [2.24, 2.45) is 10.2 Å². The molecular weight excluding hydrogens is 318 g/mol. The van der Waals surface area contributed by atoms with Crippen LogP contribution in [0.1, 0.15) is 11.1 Å². The number of rotatable bonds is 6. The molecule has 0 amide bonds. The Kier molecular flexibility index (Phi) is 5.19. The minimum absolute atomic E-state index is 0.103. The number of hydrogen-bond donors (Lipinski definition) is 3. The van der Waals surface area contributed by atoms with Gasteiger partial charge in [0.15, 0.2) is 11.6 Å². The van der Waals surface area contributed by atoms with Crippen LogP contribution in [0.2, 0.25) is 0 Å². The van der Waals surface area contributed by atoms with Gasteiger partial charge in [-0.15, -0.1) is 0 Å². The lowest BCUT2D eigenvalue weighted by molar-refractivity contribution is 1.13. The molecule has 25 heavy (non-hydrogen) atoms. The van der Waals surface area contributed by atoms with Gasteiger partial charge in [0.25, 0.3) is 0 Å². The van der Waals surface area contributed by atoms with Gasteiger partial charge in [-0.05, 0) is 35.4 Å². The monoisotopic (exact) mass is 333 g/mol. The Bertz CT molecular complexity index is 794. The van der Waals surface area contributed by atoms with Gasteiger partial charge in [-0.1, -0.05) is 0 Å². The maximum absolute atomic E-state index is 5.70. The Balaban J connectivity index is 1.64. The highest BCUT2D eigenvalue weighted by atomic mass is 15.3. The summed E-state index contributed by atoms with van der Waals surface area (Å²) in [6, 6.07) is 8.98. The van der Waals surface area contributed by atoms with Gasteiger partial charge >= 0.3 is 0 Å². The van der Waals surface area contributed by atoms with Gasteiger partial charge < -0.3 is 5.73 Å². The first-order valence-electron chi connectivity index (χ1n) is 7.32. The average Bonchev–Trinajstić information content (AvgIpc) is 2.63. The summed E-state index contributed by atoms with van der Waals surface area (Å²) in [5, 5.41) is 8.20. The fraction of sp³-hybridized carbons (Fsp3) is 0. The van der Waals surface area contributed by atoms with Gasteiger partial charge in [0, 0.05) is 30.9 Å². The van der Waals surface area contributed by atoms with Crippen molar-refractivity contribution in [2.45, 2.75) is 0 Å². The normalized spacial score (nSPS) is 11.0. The van der Waals surface area contributed by atoms with E-state index in [1.165, 1.54) is 0 Å². The zero-order valence-corrected chi connectivity index (χ0v) is 13.1. The van der Waals surface area contributed by atoms with Crippen LogP contribution in [0.3, 0.4) is 0 Å². The van der Waals surface area contributed by atoms with Crippen LogP contribution in [-0.2, 0) is 0 Å². The van der Waals surface area contributed by atoms with E-state index in [0.717, 1.165) is 11.1 Å². The fourth-order valence-electron chi connectivity index (χ4n) is 1.83. The number of hydrazone groups is 2. The van der Waals surface area contributed by atoms with Gasteiger partial charge in [-0.3, -0.25) is 20.8 Å². The topological polar surface area (TPSA) is 126 Å². The molecule has 0 spiro atoms. The Morgan fingerprint density at radius 1 is 0.760 bits per heavy atom. The number of nitrogen functional groups attached to an aromatic ring is 1. The third kappa shape index (κ3) is 5.06. The first kappa shape index (κ1) is 16.0. The van der Waals surface area contributed by atoms with E-state index in [4.69, 9.17) is 5.73 Å². The van der Waals surface area contributed by atoms with E-state index < -0.39 is 0 Å². The molecule has 3 aromatic rings. The van der Waals surface area contributed by atoms with E-state index in [1.54, 1.807) is 43.3 Å². The van der Waals surface area contributed by atoms with Crippen LogP contribution in [0, 0.1) is 0 Å². The predicted molar refractivity (Wildman–Crippen MR) is 97.4 cm³/mol. The highest BCUT2D eigenvalue weighted by molar-refractivity contribution is 5.80. The second-order valence-corrected chi connectivity index (χ2v) is 4.80. The quantitative estimate of drug-likeness (QED) is 0.463. The molecule has 0 unspecified atom stereocenters. The summed E-state index contributed by atoms with van der Waals surface area (Å²) in [5.74, 6) is 0.990. The molecule has 0 atom stereocenters. The Morgan fingerprint density at radius 2 is 1.20 bits per heavy atom. The van der Waals surface area contributed by atoms with Crippen LogP contribution in [0.15, 0.2) is 65.3 Å². The number of nitrogens with zero attached hydrogens (tertiary/aromatic N) is 6. The molecule has 0 aliphatic carbocycles. The lowest BCUT2D eigenvalue weighted by atomic mass is 10.3. The Morgan fingerprint density at radius 3 is 1.64 bits per heavy atom. The zero-order valence-electron chi connectivity index (χ0n) is 13.1. The van der Waals surface area contributed by atoms with Crippen LogP contribution >= 0.6 is 0 Å². The van der Waals surface area contributed by atoms with E-state index in [1.807, 2.05) is 24.3 Å². The van der Waals surface area contributed by atoms with Crippen LogP contribution in [0.4, 0.5) is 17.6 Å². The van der Waals surface area contributed by atoms with Crippen molar-refractivity contribution in [3.05, 3.63) is 66.2 Å². The first-order valence-corrected chi connectivity index (χ1v) is 7.32. The molecule has 124 valence electrons. The molecule has 0 saturated heterocycles. The minimum atomic E-state index is 0.103. The number of nitrogens with one attached hydrogen (secondary N) is 2. The summed E-state index contributed by atoms with van der Waals surface area (Å²) in [7, 11) is 0. The number of aromatic nitrogens is 4. The predicted octanol–water partition coefficient (Wildman–Crippen LogP) is 1.74. The Hall–Kier alpha value is -3.88. The standard InChI is InChI=1S/C16H15N9/c17-16-22-14(24-20-10-12-1-5-18-6-2-12)9-15(23-16)25-21-11-13-3-7-19-8-4-13/h1-11H,(H4,17,22,23,24,25). The van der Waals surface area contributed by atoms with Crippen molar-refractivity contribution < 1.29 is 0 Å². The van der Waals surface area contributed by atoms with E-state index in [-0.39, 0.29) is 5.95 Å². The number of hydrogen-bond acceptors (Lipinski definition) is 9. The van der Waals surface area contributed by atoms with Gasteiger partial charge in [-0.2, -0.15) is 20.2 Å². The van der Waals surface area contributed by atoms with Crippen molar-refractivity contribution in [2.75, 3.05) is 16.6 Å². The second kappa shape index (κ2) is 8.11. The average molecular weight is 333 g/mol. The van der Waals surface area contributed by atoms with Crippen LogP contribution in [0.5, 0.6) is 0 Å². The first-order chi connectivity index (χ1) is 12.3. The van der Waals surface area contributed by atoms with Crippen LogP contribution < -0.4 is 16.6 Å². The fourth-order valence-corrected chi connectivity index (χ4v) is 1.83. The van der Waals surface area contributed by atoms with Gasteiger partial charge in [-0.25, -0.2) is 0 Å². The number of nitrogens with two attached hydrogens (primary N) is 1. The molecule has 4 N–H and O–H groups in total.